The fourth-order valence-corrected chi connectivity index (χ4v) is 1.36. The van der Waals surface area contributed by atoms with Crippen molar-refractivity contribution in [2.75, 3.05) is 5.32 Å². The van der Waals surface area contributed by atoms with Crippen LogP contribution in [0.4, 0.5) is 5.69 Å². The summed E-state index contributed by atoms with van der Waals surface area (Å²) in [6.07, 6.45) is 0. The van der Waals surface area contributed by atoms with E-state index in [9.17, 15) is 4.79 Å². The van der Waals surface area contributed by atoms with Crippen molar-refractivity contribution in [3.8, 4) is 0 Å². The topological polar surface area (TPSA) is 29.1 Å². The number of amides is 1. The van der Waals surface area contributed by atoms with Gasteiger partial charge in [-0.2, -0.15) is 0 Å². The van der Waals surface area contributed by atoms with Gasteiger partial charge in [0.05, 0.1) is 0 Å². The minimum Gasteiger partial charge on any atom is -0.322 e. The van der Waals surface area contributed by atoms with E-state index in [-0.39, 0.29) is 5.91 Å². The minimum absolute atomic E-state index is 0.120. The quantitative estimate of drug-likeness (QED) is 0.746. The van der Waals surface area contributed by atoms with Gasteiger partial charge in [-0.1, -0.05) is 35.8 Å². The molecular formula is C13H10BNO. The Morgan fingerprint density at radius 3 is 2.19 bits per heavy atom. The van der Waals surface area contributed by atoms with Gasteiger partial charge in [0.25, 0.3) is 5.91 Å². The van der Waals surface area contributed by atoms with Crippen molar-refractivity contribution < 1.29 is 4.79 Å². The maximum atomic E-state index is 11.8. The Morgan fingerprint density at radius 1 is 0.938 bits per heavy atom. The fourth-order valence-electron chi connectivity index (χ4n) is 1.36. The van der Waals surface area contributed by atoms with E-state index in [0.29, 0.717) is 11.0 Å². The van der Waals surface area contributed by atoms with Crippen LogP contribution >= 0.6 is 0 Å². The first-order valence-electron chi connectivity index (χ1n) is 4.97. The molecule has 0 atom stereocenters. The molecule has 0 bridgehead atoms. The highest BCUT2D eigenvalue weighted by atomic mass is 16.1. The Bertz CT molecular complexity index is 479. The predicted octanol–water partition coefficient (Wildman–Crippen LogP) is 1.73. The van der Waals surface area contributed by atoms with E-state index in [4.69, 9.17) is 7.85 Å². The number of hydrogen-bond acceptors (Lipinski definition) is 1. The average molecular weight is 207 g/mol. The minimum atomic E-state index is -0.120. The molecule has 0 unspecified atom stereocenters. The summed E-state index contributed by atoms with van der Waals surface area (Å²) in [6.45, 7) is 0. The number of nitrogens with one attached hydrogen (secondary N) is 1. The second kappa shape index (κ2) is 4.66. The van der Waals surface area contributed by atoms with Crippen LogP contribution in [-0.2, 0) is 0 Å². The van der Waals surface area contributed by atoms with Crippen molar-refractivity contribution in [2.24, 2.45) is 0 Å². The third kappa shape index (κ3) is 2.51. The Labute approximate surface area is 95.7 Å². The first-order valence-corrected chi connectivity index (χ1v) is 4.97. The SMILES string of the molecule is [B]c1ccc(NC(=O)c2ccccc2)cc1. The summed E-state index contributed by atoms with van der Waals surface area (Å²) < 4.78 is 0. The van der Waals surface area contributed by atoms with Crippen LogP contribution < -0.4 is 10.8 Å². The first-order chi connectivity index (χ1) is 7.75. The van der Waals surface area contributed by atoms with Crippen molar-refractivity contribution in [1.82, 2.24) is 0 Å². The molecule has 1 N–H and O–H groups in total. The van der Waals surface area contributed by atoms with Gasteiger partial charge in [-0.3, -0.25) is 4.79 Å². The van der Waals surface area contributed by atoms with E-state index < -0.39 is 0 Å². The van der Waals surface area contributed by atoms with Gasteiger partial charge in [-0.15, -0.1) is 0 Å². The van der Waals surface area contributed by atoms with Crippen molar-refractivity contribution in [1.29, 1.82) is 0 Å². The van der Waals surface area contributed by atoms with Crippen LogP contribution in [0.1, 0.15) is 10.4 Å². The number of anilines is 1. The van der Waals surface area contributed by atoms with E-state index in [1.54, 1.807) is 36.4 Å². The van der Waals surface area contributed by atoms with Gasteiger partial charge < -0.3 is 5.32 Å². The molecular weight excluding hydrogens is 197 g/mol. The van der Waals surface area contributed by atoms with E-state index in [1.165, 1.54) is 0 Å². The molecule has 0 heterocycles. The van der Waals surface area contributed by atoms with Crippen molar-refractivity contribution >= 4 is 24.9 Å². The largest absolute Gasteiger partial charge is 0.322 e. The molecule has 3 heteroatoms. The summed E-state index contributed by atoms with van der Waals surface area (Å²) in [4.78, 5) is 11.8. The zero-order chi connectivity index (χ0) is 11.4. The first kappa shape index (κ1) is 10.5. The van der Waals surface area contributed by atoms with Gasteiger partial charge in [0, 0.05) is 11.3 Å². The highest BCUT2D eigenvalue weighted by Crippen LogP contribution is 2.07. The molecule has 76 valence electrons. The van der Waals surface area contributed by atoms with Crippen LogP contribution in [0.2, 0.25) is 0 Å². The van der Waals surface area contributed by atoms with Crippen LogP contribution in [0.5, 0.6) is 0 Å². The predicted molar refractivity (Wildman–Crippen MR) is 66.2 cm³/mol. The molecule has 0 aliphatic rings. The van der Waals surface area contributed by atoms with E-state index in [0.717, 1.165) is 5.69 Å². The lowest BCUT2D eigenvalue weighted by Gasteiger charge is -2.05. The van der Waals surface area contributed by atoms with Crippen LogP contribution in [0, 0.1) is 0 Å². The zero-order valence-corrected chi connectivity index (χ0v) is 8.68. The van der Waals surface area contributed by atoms with Crippen molar-refractivity contribution in [3.63, 3.8) is 0 Å². The summed E-state index contributed by atoms with van der Waals surface area (Å²) in [7, 11) is 5.56. The summed E-state index contributed by atoms with van der Waals surface area (Å²) in [6, 6.07) is 16.1. The third-order valence-electron chi connectivity index (χ3n) is 2.20. The number of rotatable bonds is 2. The molecule has 0 fully saturated rings. The summed E-state index contributed by atoms with van der Waals surface area (Å²) >= 11 is 0. The number of carbonyl (C=O) groups is 1. The third-order valence-corrected chi connectivity index (χ3v) is 2.20. The molecule has 2 radical (unpaired) electrons. The summed E-state index contributed by atoms with van der Waals surface area (Å²) in [5.41, 5.74) is 2.06. The molecule has 2 aromatic rings. The second-order valence-corrected chi connectivity index (χ2v) is 3.44. The van der Waals surface area contributed by atoms with Crippen molar-refractivity contribution in [3.05, 3.63) is 60.2 Å². The molecule has 0 saturated heterocycles. The van der Waals surface area contributed by atoms with Gasteiger partial charge in [0.2, 0.25) is 0 Å². The molecule has 0 spiro atoms. The zero-order valence-electron chi connectivity index (χ0n) is 8.68. The van der Waals surface area contributed by atoms with Crippen LogP contribution in [0.3, 0.4) is 0 Å². The standard InChI is InChI=1S/C13H10BNO/c14-11-6-8-12(9-7-11)15-13(16)10-4-2-1-3-5-10/h1-9H,(H,15,16). The van der Waals surface area contributed by atoms with E-state index in [1.807, 2.05) is 18.2 Å². The maximum absolute atomic E-state index is 11.8. The molecule has 1 amide bonds. The van der Waals surface area contributed by atoms with E-state index >= 15 is 0 Å². The van der Waals surface area contributed by atoms with Gasteiger partial charge in [-0.25, -0.2) is 0 Å². The summed E-state index contributed by atoms with van der Waals surface area (Å²) in [5, 5.41) is 2.79. The molecule has 2 nitrogen and oxygen atoms in total. The Balaban J connectivity index is 2.11. The smallest absolute Gasteiger partial charge is 0.255 e. The van der Waals surface area contributed by atoms with E-state index in [2.05, 4.69) is 5.32 Å². The normalized spacial score (nSPS) is 9.75. The summed E-state index contributed by atoms with van der Waals surface area (Å²) in [5.74, 6) is -0.120. The lowest BCUT2D eigenvalue weighted by atomic mass is 9.96. The monoisotopic (exact) mass is 207 g/mol. The van der Waals surface area contributed by atoms with Gasteiger partial charge in [0.1, 0.15) is 7.85 Å². The average Bonchev–Trinajstić information content (AvgIpc) is 2.33. The highest BCUT2D eigenvalue weighted by Gasteiger charge is 2.03. The maximum Gasteiger partial charge on any atom is 0.255 e. The number of benzene rings is 2. The van der Waals surface area contributed by atoms with Gasteiger partial charge >= 0.3 is 0 Å². The molecule has 2 aromatic carbocycles. The van der Waals surface area contributed by atoms with Crippen LogP contribution in [0.25, 0.3) is 0 Å². The van der Waals surface area contributed by atoms with Crippen LogP contribution in [-0.4, -0.2) is 13.8 Å². The Morgan fingerprint density at radius 2 is 1.56 bits per heavy atom. The molecule has 0 saturated carbocycles. The van der Waals surface area contributed by atoms with Crippen LogP contribution in [0.15, 0.2) is 54.6 Å². The lowest BCUT2D eigenvalue weighted by molar-refractivity contribution is 0.102. The molecule has 0 aliphatic carbocycles. The van der Waals surface area contributed by atoms with Gasteiger partial charge in [0.15, 0.2) is 0 Å². The molecule has 2 rings (SSSR count). The molecule has 0 aromatic heterocycles. The number of hydrogen-bond donors (Lipinski definition) is 1. The number of carbonyl (C=O) groups excluding carboxylic acids is 1. The molecule has 0 aliphatic heterocycles. The second-order valence-electron chi connectivity index (χ2n) is 3.44. The molecule has 16 heavy (non-hydrogen) atoms. The Kier molecular flexibility index (Phi) is 3.06. The van der Waals surface area contributed by atoms with Crippen molar-refractivity contribution in [2.45, 2.75) is 0 Å². The fraction of sp³-hybridized carbons (Fsp3) is 0. The lowest BCUT2D eigenvalue weighted by Crippen LogP contribution is -2.12. The Hall–Kier alpha value is -2.03. The van der Waals surface area contributed by atoms with Gasteiger partial charge in [-0.05, 0) is 24.3 Å². The highest BCUT2D eigenvalue weighted by molar-refractivity contribution is 6.32.